The average molecular weight is 704 g/mol. The number of hydrogen-bond donors (Lipinski definition) is 0. The van der Waals surface area contributed by atoms with Crippen LogP contribution in [-0.2, 0) is 6.18 Å². The van der Waals surface area contributed by atoms with Gasteiger partial charge in [0.05, 0.1) is 73.9 Å². The second-order valence-electron chi connectivity index (χ2n) is 13.0. The van der Waals surface area contributed by atoms with Crippen molar-refractivity contribution in [2.45, 2.75) is 6.18 Å². The topological polar surface area (TPSA) is 81.2 Å². The number of rotatable bonds is 4. The Hall–Kier alpha value is -7.60. The van der Waals surface area contributed by atoms with Crippen molar-refractivity contribution in [3.63, 3.8) is 0 Å². The van der Waals surface area contributed by atoms with E-state index in [2.05, 4.69) is 18.2 Å². The van der Waals surface area contributed by atoms with E-state index in [1.165, 1.54) is 12.1 Å². The van der Waals surface area contributed by atoms with Gasteiger partial charge in [-0.3, -0.25) is 0 Å². The van der Waals surface area contributed by atoms with Gasteiger partial charge in [-0.2, -0.15) is 29.0 Å². The summed E-state index contributed by atoms with van der Waals surface area (Å²) in [5.74, 6) is 0. The molecule has 54 heavy (non-hydrogen) atoms. The molecular weight excluding hydrogens is 680 g/mol. The highest BCUT2D eigenvalue weighted by atomic mass is 19.4. The van der Waals surface area contributed by atoms with Gasteiger partial charge in [-0.25, -0.2) is 0 Å². The number of fused-ring (bicyclic) bond motifs is 6. The van der Waals surface area contributed by atoms with E-state index >= 15 is 0 Å². The Bertz CT molecular complexity index is 3090. The molecule has 2 aromatic heterocycles. The summed E-state index contributed by atoms with van der Waals surface area (Å²) in [6.07, 6.45) is -4.56. The summed E-state index contributed by atoms with van der Waals surface area (Å²) in [4.78, 5) is 0. The van der Waals surface area contributed by atoms with E-state index in [0.717, 1.165) is 49.7 Å². The monoisotopic (exact) mass is 703 g/mol. The van der Waals surface area contributed by atoms with Gasteiger partial charge < -0.3 is 9.13 Å². The quantitative estimate of drug-likeness (QED) is 0.183. The Balaban J connectivity index is 1.33. The van der Waals surface area contributed by atoms with Gasteiger partial charge in [-0.1, -0.05) is 66.7 Å². The lowest BCUT2D eigenvalue weighted by Gasteiger charge is -2.18. The van der Waals surface area contributed by atoms with Crippen LogP contribution >= 0.6 is 0 Å². The Morgan fingerprint density at radius 3 is 1.54 bits per heavy atom. The molecule has 0 bridgehead atoms. The number of nitrogens with zero attached hydrogens (tertiary/aromatic N) is 5. The molecule has 0 unspecified atom stereocenters. The number of benzene rings is 7. The van der Waals surface area contributed by atoms with E-state index in [1.807, 2.05) is 106 Å². The number of alkyl halides is 3. The van der Waals surface area contributed by atoms with Crippen LogP contribution in [0.25, 0.3) is 77.2 Å². The molecule has 0 N–H and O–H groups in total. The van der Waals surface area contributed by atoms with E-state index in [4.69, 9.17) is 0 Å². The SMILES string of the molecule is N#Cc1ccc(-c2cc(C#N)ccc2-n2c3ccccc3c3cc(-c4cc(C(F)(F)F)ccc4-n4c5ccccc5c5ccccc54)ccc32)c(C#N)c1. The molecule has 0 amide bonds. The van der Waals surface area contributed by atoms with Crippen LogP contribution in [0, 0.1) is 34.0 Å². The molecule has 0 atom stereocenters. The first kappa shape index (κ1) is 32.3. The predicted octanol–water partition coefficient (Wildman–Crippen LogP) is 11.8. The minimum absolute atomic E-state index is 0.288. The molecule has 0 aliphatic carbocycles. The molecule has 0 spiro atoms. The van der Waals surface area contributed by atoms with Crippen molar-refractivity contribution in [1.29, 1.82) is 15.8 Å². The third-order valence-electron chi connectivity index (χ3n) is 10.1. The highest BCUT2D eigenvalue weighted by molar-refractivity contribution is 6.12. The molecule has 2 heterocycles. The van der Waals surface area contributed by atoms with Crippen LogP contribution < -0.4 is 0 Å². The maximum Gasteiger partial charge on any atom is 0.416 e. The fourth-order valence-electron chi connectivity index (χ4n) is 7.68. The van der Waals surface area contributed by atoms with E-state index in [1.54, 1.807) is 30.3 Å². The lowest BCUT2D eigenvalue weighted by atomic mass is 9.95. The van der Waals surface area contributed by atoms with Crippen molar-refractivity contribution in [2.24, 2.45) is 0 Å². The molecule has 8 heteroatoms. The van der Waals surface area contributed by atoms with Crippen molar-refractivity contribution in [2.75, 3.05) is 0 Å². The van der Waals surface area contributed by atoms with Gasteiger partial charge in [0.1, 0.15) is 0 Å². The van der Waals surface area contributed by atoms with Gasteiger partial charge >= 0.3 is 6.18 Å². The van der Waals surface area contributed by atoms with Crippen molar-refractivity contribution >= 4 is 43.6 Å². The zero-order valence-electron chi connectivity index (χ0n) is 28.2. The number of hydrogen-bond acceptors (Lipinski definition) is 3. The summed E-state index contributed by atoms with van der Waals surface area (Å²) < 4.78 is 47.2. The molecule has 0 saturated heterocycles. The average Bonchev–Trinajstić information content (AvgIpc) is 3.72. The highest BCUT2D eigenvalue weighted by Crippen LogP contribution is 2.43. The molecule has 9 rings (SSSR count). The fraction of sp³-hybridized carbons (Fsp3) is 0.0217. The van der Waals surface area contributed by atoms with Crippen LogP contribution in [-0.4, -0.2) is 9.13 Å². The molecule has 5 nitrogen and oxygen atoms in total. The standard InChI is InChI=1S/C46H24F3N5/c47-46(48,49)32-16-20-43(53-40-10-4-1-7-34(40)35-8-2-5-11-41(35)53)37(24-32)30-15-19-45-39(23-30)36-9-3-6-12-42(36)54(45)44-18-14-29(26-51)22-38(44)33-17-13-28(25-50)21-31(33)27-52/h1-24H. The molecule has 0 saturated carbocycles. The summed E-state index contributed by atoms with van der Waals surface area (Å²) in [5.41, 5.74) is 7.16. The summed E-state index contributed by atoms with van der Waals surface area (Å²) in [7, 11) is 0. The van der Waals surface area contributed by atoms with Crippen molar-refractivity contribution < 1.29 is 13.2 Å². The molecule has 0 radical (unpaired) electrons. The first-order valence-corrected chi connectivity index (χ1v) is 17.0. The van der Waals surface area contributed by atoms with Gasteiger partial charge in [0.25, 0.3) is 0 Å². The van der Waals surface area contributed by atoms with E-state index < -0.39 is 11.7 Å². The smallest absolute Gasteiger partial charge is 0.309 e. The summed E-state index contributed by atoms with van der Waals surface area (Å²) >= 11 is 0. The maximum atomic E-state index is 14.4. The van der Waals surface area contributed by atoms with Crippen LogP contribution in [0.5, 0.6) is 0 Å². The zero-order chi connectivity index (χ0) is 37.1. The van der Waals surface area contributed by atoms with Crippen LogP contribution in [0.2, 0.25) is 0 Å². The fourth-order valence-corrected chi connectivity index (χ4v) is 7.68. The largest absolute Gasteiger partial charge is 0.416 e. The second-order valence-corrected chi connectivity index (χ2v) is 13.0. The Morgan fingerprint density at radius 1 is 0.426 bits per heavy atom. The lowest BCUT2D eigenvalue weighted by molar-refractivity contribution is -0.137. The molecule has 0 aliphatic heterocycles. The van der Waals surface area contributed by atoms with Crippen LogP contribution in [0.4, 0.5) is 13.2 Å². The van der Waals surface area contributed by atoms with Gasteiger partial charge in [-0.15, -0.1) is 0 Å². The summed E-state index contributed by atoms with van der Waals surface area (Å²) in [6, 6.07) is 49.8. The summed E-state index contributed by atoms with van der Waals surface area (Å²) in [5, 5.41) is 33.1. The van der Waals surface area contributed by atoms with Gasteiger partial charge in [0, 0.05) is 38.2 Å². The number of aromatic nitrogens is 2. The Labute approximate surface area is 306 Å². The lowest BCUT2D eigenvalue weighted by Crippen LogP contribution is -2.07. The third kappa shape index (κ3) is 4.99. The zero-order valence-corrected chi connectivity index (χ0v) is 28.2. The van der Waals surface area contributed by atoms with Crippen LogP contribution in [0.1, 0.15) is 22.3 Å². The van der Waals surface area contributed by atoms with Crippen LogP contribution in [0.15, 0.2) is 146 Å². The number of para-hydroxylation sites is 3. The second kappa shape index (κ2) is 12.3. The molecule has 254 valence electrons. The van der Waals surface area contributed by atoms with Crippen molar-refractivity contribution in [3.8, 4) is 51.8 Å². The molecule has 0 aliphatic rings. The van der Waals surface area contributed by atoms with Crippen molar-refractivity contribution in [1.82, 2.24) is 9.13 Å². The minimum Gasteiger partial charge on any atom is -0.309 e. The van der Waals surface area contributed by atoms with Gasteiger partial charge in [0.15, 0.2) is 0 Å². The maximum absolute atomic E-state index is 14.4. The van der Waals surface area contributed by atoms with Crippen LogP contribution in [0.3, 0.4) is 0 Å². The minimum atomic E-state index is -4.56. The Kier molecular flexibility index (Phi) is 7.34. The van der Waals surface area contributed by atoms with E-state index in [9.17, 15) is 29.0 Å². The summed E-state index contributed by atoms with van der Waals surface area (Å²) in [6.45, 7) is 0. The third-order valence-corrected chi connectivity index (χ3v) is 10.1. The first-order chi connectivity index (χ1) is 26.3. The molecule has 0 fully saturated rings. The number of halogens is 3. The van der Waals surface area contributed by atoms with Crippen molar-refractivity contribution in [3.05, 3.63) is 168 Å². The molecular formula is C46H24F3N5. The van der Waals surface area contributed by atoms with E-state index in [0.29, 0.717) is 44.8 Å². The van der Waals surface area contributed by atoms with Gasteiger partial charge in [-0.05, 0) is 84.4 Å². The number of nitriles is 3. The Morgan fingerprint density at radius 2 is 0.944 bits per heavy atom. The highest BCUT2D eigenvalue weighted by Gasteiger charge is 2.32. The normalized spacial score (nSPS) is 11.6. The van der Waals surface area contributed by atoms with E-state index in [-0.39, 0.29) is 5.56 Å². The molecule has 7 aromatic carbocycles. The predicted molar refractivity (Wildman–Crippen MR) is 205 cm³/mol. The molecule has 9 aromatic rings. The first-order valence-electron chi connectivity index (χ1n) is 17.0. The van der Waals surface area contributed by atoms with Gasteiger partial charge in [0.2, 0.25) is 0 Å².